The van der Waals surface area contributed by atoms with Crippen LogP contribution in [-0.2, 0) is 16.0 Å². The maximum absolute atomic E-state index is 13.4. The summed E-state index contributed by atoms with van der Waals surface area (Å²) in [5.74, 6) is -0.815. The van der Waals surface area contributed by atoms with Crippen molar-refractivity contribution >= 4 is 22.7 Å². The molecule has 23 heavy (non-hydrogen) atoms. The molecule has 2 aromatic rings. The lowest BCUT2D eigenvalue weighted by Crippen LogP contribution is -2.45. The first-order chi connectivity index (χ1) is 10.9. The maximum atomic E-state index is 13.4. The van der Waals surface area contributed by atoms with Gasteiger partial charge in [0.05, 0.1) is 6.42 Å². The van der Waals surface area contributed by atoms with Crippen molar-refractivity contribution in [2.45, 2.75) is 39.7 Å². The average Bonchev–Trinajstić information content (AvgIpc) is 2.80. The van der Waals surface area contributed by atoms with Gasteiger partial charge in [-0.2, -0.15) is 0 Å². The number of aromatic nitrogens is 1. The molecule has 2 rings (SSSR count). The summed E-state index contributed by atoms with van der Waals surface area (Å²) in [5, 5.41) is 6.11. The molecule has 0 saturated heterocycles. The number of H-pyrrole nitrogens is 1. The molecule has 0 saturated carbocycles. The molecular formula is C17H22FN3O2. The van der Waals surface area contributed by atoms with Gasteiger partial charge in [-0.25, -0.2) is 4.39 Å². The number of benzene rings is 1. The zero-order valence-electron chi connectivity index (χ0n) is 13.6. The van der Waals surface area contributed by atoms with Crippen molar-refractivity contribution in [1.82, 2.24) is 15.6 Å². The lowest BCUT2D eigenvalue weighted by molar-refractivity contribution is -0.128. The van der Waals surface area contributed by atoms with E-state index in [1.807, 2.05) is 13.8 Å². The highest BCUT2D eigenvalue weighted by molar-refractivity contribution is 5.92. The van der Waals surface area contributed by atoms with Gasteiger partial charge in [0, 0.05) is 23.1 Å². The van der Waals surface area contributed by atoms with E-state index in [9.17, 15) is 14.0 Å². The van der Waals surface area contributed by atoms with E-state index < -0.39 is 6.04 Å². The Bertz CT molecular complexity index is 724. The van der Waals surface area contributed by atoms with Gasteiger partial charge in [0.1, 0.15) is 11.9 Å². The molecule has 0 spiro atoms. The number of carbonyl (C=O) groups excluding carboxylic acids is 2. The minimum absolute atomic E-state index is 0.0979. The van der Waals surface area contributed by atoms with Gasteiger partial charge in [0.25, 0.3) is 0 Å². The topological polar surface area (TPSA) is 74.0 Å². The Labute approximate surface area is 134 Å². The predicted molar refractivity (Wildman–Crippen MR) is 87.6 cm³/mol. The van der Waals surface area contributed by atoms with E-state index in [1.165, 1.54) is 12.1 Å². The Balaban J connectivity index is 2.07. The fourth-order valence-electron chi connectivity index (χ4n) is 2.50. The maximum Gasteiger partial charge on any atom is 0.242 e. The zero-order chi connectivity index (χ0) is 17.0. The third kappa shape index (κ3) is 4.09. The summed E-state index contributed by atoms with van der Waals surface area (Å²) in [7, 11) is 0. The lowest BCUT2D eigenvalue weighted by Gasteiger charge is -2.14. The van der Waals surface area contributed by atoms with Gasteiger partial charge in [0.15, 0.2) is 0 Å². The van der Waals surface area contributed by atoms with Crippen molar-refractivity contribution in [1.29, 1.82) is 0 Å². The quantitative estimate of drug-likeness (QED) is 0.763. The van der Waals surface area contributed by atoms with E-state index in [0.29, 0.717) is 11.9 Å². The van der Waals surface area contributed by atoms with E-state index in [4.69, 9.17) is 0 Å². The molecule has 0 aliphatic carbocycles. The minimum atomic E-state index is -0.601. The molecule has 6 heteroatoms. The molecule has 5 nitrogen and oxygen atoms in total. The molecule has 0 aliphatic heterocycles. The normalized spacial score (nSPS) is 12.2. The summed E-state index contributed by atoms with van der Waals surface area (Å²) < 4.78 is 13.4. The monoisotopic (exact) mass is 319 g/mol. The number of hydrogen-bond donors (Lipinski definition) is 3. The largest absolute Gasteiger partial charge is 0.358 e. The molecular weight excluding hydrogens is 297 g/mol. The zero-order valence-corrected chi connectivity index (χ0v) is 13.6. The van der Waals surface area contributed by atoms with Crippen LogP contribution in [0.3, 0.4) is 0 Å². The van der Waals surface area contributed by atoms with Crippen molar-refractivity contribution in [3.63, 3.8) is 0 Å². The predicted octanol–water partition coefficient (Wildman–Crippen LogP) is 2.19. The van der Waals surface area contributed by atoms with E-state index in [1.54, 1.807) is 13.0 Å². The van der Waals surface area contributed by atoms with Crippen molar-refractivity contribution in [2.75, 3.05) is 6.54 Å². The molecule has 0 bridgehead atoms. The van der Waals surface area contributed by atoms with Crippen molar-refractivity contribution in [3.05, 3.63) is 35.3 Å². The van der Waals surface area contributed by atoms with Crippen molar-refractivity contribution in [2.24, 2.45) is 0 Å². The highest BCUT2D eigenvalue weighted by atomic mass is 19.1. The van der Waals surface area contributed by atoms with Gasteiger partial charge in [0.2, 0.25) is 11.8 Å². The van der Waals surface area contributed by atoms with Gasteiger partial charge in [-0.15, -0.1) is 0 Å². The second kappa shape index (κ2) is 7.26. The number of carbonyl (C=O) groups is 2. The molecule has 1 aromatic carbocycles. The molecule has 0 radical (unpaired) electrons. The van der Waals surface area contributed by atoms with Gasteiger partial charge in [-0.1, -0.05) is 6.92 Å². The molecule has 1 aromatic heterocycles. The van der Waals surface area contributed by atoms with Crippen LogP contribution in [0.4, 0.5) is 4.39 Å². The fraction of sp³-hybridized carbons (Fsp3) is 0.412. The standard InChI is InChI=1S/C17H22FN3O2/c1-4-7-19-17(23)11(3)21-16(22)9-13-10(2)20-15-6-5-12(18)8-14(13)15/h5-6,8,11,20H,4,7,9H2,1-3H3,(H,19,23)(H,21,22). The Morgan fingerprint density at radius 3 is 2.78 bits per heavy atom. The highest BCUT2D eigenvalue weighted by Gasteiger charge is 2.18. The minimum Gasteiger partial charge on any atom is -0.358 e. The van der Waals surface area contributed by atoms with Crippen molar-refractivity contribution in [3.8, 4) is 0 Å². The SMILES string of the molecule is CCCNC(=O)C(C)NC(=O)Cc1c(C)[nH]c2ccc(F)cc12. The van der Waals surface area contributed by atoms with Crippen LogP contribution < -0.4 is 10.6 Å². The first-order valence-corrected chi connectivity index (χ1v) is 7.76. The first kappa shape index (κ1) is 17.0. The number of aryl methyl sites for hydroxylation is 1. The number of fused-ring (bicyclic) bond motifs is 1. The summed E-state index contributed by atoms with van der Waals surface area (Å²) in [4.78, 5) is 27.1. The second-order valence-electron chi connectivity index (χ2n) is 5.68. The van der Waals surface area contributed by atoms with E-state index in [0.717, 1.165) is 23.2 Å². The Morgan fingerprint density at radius 2 is 2.09 bits per heavy atom. The van der Waals surface area contributed by atoms with E-state index in [-0.39, 0.29) is 24.1 Å². The van der Waals surface area contributed by atoms with Gasteiger partial charge < -0.3 is 15.6 Å². The van der Waals surface area contributed by atoms with Crippen LogP contribution in [0.25, 0.3) is 10.9 Å². The smallest absolute Gasteiger partial charge is 0.242 e. The highest BCUT2D eigenvalue weighted by Crippen LogP contribution is 2.23. The molecule has 1 heterocycles. The second-order valence-corrected chi connectivity index (χ2v) is 5.68. The molecule has 2 amide bonds. The van der Waals surface area contributed by atoms with Crippen molar-refractivity contribution < 1.29 is 14.0 Å². The van der Waals surface area contributed by atoms with Crippen LogP contribution in [0.5, 0.6) is 0 Å². The Kier molecular flexibility index (Phi) is 5.36. The summed E-state index contributed by atoms with van der Waals surface area (Å²) in [6.45, 7) is 6.03. The van der Waals surface area contributed by atoms with Crippen LogP contribution in [0.2, 0.25) is 0 Å². The summed E-state index contributed by atoms with van der Waals surface area (Å²) in [6, 6.07) is 3.84. The number of aromatic amines is 1. The van der Waals surface area contributed by atoms with Crippen LogP contribution in [0.1, 0.15) is 31.5 Å². The average molecular weight is 319 g/mol. The van der Waals surface area contributed by atoms with E-state index in [2.05, 4.69) is 15.6 Å². The number of nitrogens with one attached hydrogen (secondary N) is 3. The molecule has 0 aliphatic rings. The molecule has 1 atom stereocenters. The van der Waals surface area contributed by atoms with Gasteiger partial charge >= 0.3 is 0 Å². The number of rotatable bonds is 6. The molecule has 3 N–H and O–H groups in total. The number of hydrogen-bond acceptors (Lipinski definition) is 2. The Hall–Kier alpha value is -2.37. The third-order valence-corrected chi connectivity index (χ3v) is 3.74. The first-order valence-electron chi connectivity index (χ1n) is 7.76. The summed E-state index contributed by atoms with van der Waals surface area (Å²) in [6.07, 6.45) is 0.938. The number of halogens is 1. The van der Waals surface area contributed by atoms with Crippen LogP contribution >= 0.6 is 0 Å². The molecule has 124 valence electrons. The van der Waals surface area contributed by atoms with E-state index >= 15 is 0 Å². The van der Waals surface area contributed by atoms with Crippen LogP contribution in [0, 0.1) is 12.7 Å². The molecule has 0 fully saturated rings. The summed E-state index contributed by atoms with van der Waals surface area (Å²) >= 11 is 0. The Morgan fingerprint density at radius 1 is 1.35 bits per heavy atom. The lowest BCUT2D eigenvalue weighted by atomic mass is 10.1. The third-order valence-electron chi connectivity index (χ3n) is 3.74. The van der Waals surface area contributed by atoms with Crippen LogP contribution in [0.15, 0.2) is 18.2 Å². The van der Waals surface area contributed by atoms with Gasteiger partial charge in [-0.05, 0) is 44.0 Å². The van der Waals surface area contributed by atoms with Crippen LogP contribution in [-0.4, -0.2) is 29.4 Å². The summed E-state index contributed by atoms with van der Waals surface area (Å²) in [5.41, 5.74) is 2.36. The van der Waals surface area contributed by atoms with Gasteiger partial charge in [-0.3, -0.25) is 9.59 Å². The number of amides is 2. The molecule has 1 unspecified atom stereocenters. The fourth-order valence-corrected chi connectivity index (χ4v) is 2.50.